The summed E-state index contributed by atoms with van der Waals surface area (Å²) < 4.78 is 5.33. The summed E-state index contributed by atoms with van der Waals surface area (Å²) in [6.45, 7) is 6.58. The van der Waals surface area contributed by atoms with Crippen molar-refractivity contribution in [3.8, 4) is 0 Å². The Balaban J connectivity index is 0.00000161. The van der Waals surface area contributed by atoms with Crippen molar-refractivity contribution in [3.63, 3.8) is 0 Å². The highest BCUT2D eigenvalue weighted by Crippen LogP contribution is 2.32. The van der Waals surface area contributed by atoms with Gasteiger partial charge >= 0.3 is 0 Å². The maximum absolute atomic E-state index is 5.98. The Morgan fingerprint density at radius 3 is 2.76 bits per heavy atom. The average Bonchev–Trinajstić information content (AvgIpc) is 2.95. The van der Waals surface area contributed by atoms with Crippen LogP contribution in [0.4, 0.5) is 5.69 Å². The van der Waals surface area contributed by atoms with Crippen molar-refractivity contribution >= 4 is 18.1 Å². The summed E-state index contributed by atoms with van der Waals surface area (Å²) in [6, 6.07) is 8.90. The van der Waals surface area contributed by atoms with Crippen molar-refractivity contribution in [2.75, 3.05) is 4.90 Å². The van der Waals surface area contributed by atoms with Gasteiger partial charge in [0.2, 0.25) is 5.89 Å². The fraction of sp³-hybridized carbons (Fsp3) is 0.467. The molecule has 1 aliphatic rings. The first kappa shape index (κ1) is 15.8. The number of hydrogen-bond donors (Lipinski definition) is 1. The Labute approximate surface area is 130 Å². The van der Waals surface area contributed by atoms with Gasteiger partial charge in [-0.15, -0.1) is 12.4 Å². The van der Waals surface area contributed by atoms with Gasteiger partial charge in [0.25, 0.3) is 0 Å². The van der Waals surface area contributed by atoms with Crippen molar-refractivity contribution in [2.24, 2.45) is 5.73 Å². The molecule has 0 fully saturated rings. The largest absolute Gasteiger partial charge is 0.359 e. The van der Waals surface area contributed by atoms with Gasteiger partial charge in [0.1, 0.15) is 0 Å². The van der Waals surface area contributed by atoms with Crippen LogP contribution in [-0.4, -0.2) is 16.2 Å². The van der Waals surface area contributed by atoms with E-state index in [4.69, 9.17) is 10.3 Å². The minimum atomic E-state index is -0.573. The van der Waals surface area contributed by atoms with Gasteiger partial charge in [-0.25, -0.2) is 0 Å². The molecule has 0 spiro atoms. The summed E-state index contributed by atoms with van der Waals surface area (Å²) in [6.07, 6.45) is 1.06. The number of para-hydroxylation sites is 1. The molecule has 0 saturated heterocycles. The topological polar surface area (TPSA) is 68.2 Å². The van der Waals surface area contributed by atoms with E-state index in [1.165, 1.54) is 11.3 Å². The highest BCUT2D eigenvalue weighted by Gasteiger charge is 2.28. The molecule has 2 heterocycles. The number of nitrogens with two attached hydrogens (primary N) is 1. The normalized spacial score (nSPS) is 17.5. The predicted octanol–water partition coefficient (Wildman–Crippen LogP) is 2.64. The number of benzene rings is 1. The lowest BCUT2D eigenvalue weighted by Gasteiger charge is -2.22. The summed E-state index contributed by atoms with van der Waals surface area (Å²) in [5.74, 6) is 1.16. The lowest BCUT2D eigenvalue weighted by molar-refractivity contribution is 0.357. The van der Waals surface area contributed by atoms with E-state index in [0.29, 0.717) is 24.3 Å². The minimum Gasteiger partial charge on any atom is -0.359 e. The van der Waals surface area contributed by atoms with Crippen LogP contribution in [0.1, 0.15) is 38.0 Å². The fourth-order valence-electron chi connectivity index (χ4n) is 2.60. The van der Waals surface area contributed by atoms with Crippen molar-refractivity contribution in [3.05, 3.63) is 41.5 Å². The summed E-state index contributed by atoms with van der Waals surface area (Å²) >= 11 is 0. The van der Waals surface area contributed by atoms with Gasteiger partial charge in [-0.05, 0) is 38.8 Å². The molecule has 21 heavy (non-hydrogen) atoms. The highest BCUT2D eigenvalue weighted by molar-refractivity contribution is 5.85. The molecular formula is C15H21ClN4O. The second-order valence-electron chi connectivity index (χ2n) is 6.04. The second-order valence-corrected chi connectivity index (χ2v) is 6.04. The summed E-state index contributed by atoms with van der Waals surface area (Å²) in [4.78, 5) is 6.71. The predicted molar refractivity (Wildman–Crippen MR) is 84.6 cm³/mol. The first-order valence-corrected chi connectivity index (χ1v) is 6.91. The van der Waals surface area contributed by atoms with Gasteiger partial charge in [-0.3, -0.25) is 0 Å². The standard InChI is InChI=1S/C15H20N4O.ClH/c1-10-8-11-6-4-5-7-12(11)19(10)9-13-17-14(18-20-13)15(2,3)16;/h4-7,10H,8-9,16H2,1-3H3;1H. The molecule has 114 valence electrons. The van der Waals surface area contributed by atoms with E-state index < -0.39 is 5.54 Å². The molecule has 1 aliphatic heterocycles. The first-order valence-electron chi connectivity index (χ1n) is 6.91. The molecule has 1 aromatic heterocycles. The average molecular weight is 309 g/mol. The Kier molecular flexibility index (Phi) is 4.25. The summed E-state index contributed by atoms with van der Waals surface area (Å²) in [5, 5.41) is 3.97. The van der Waals surface area contributed by atoms with E-state index in [2.05, 4.69) is 46.2 Å². The number of nitrogens with zero attached hydrogens (tertiary/aromatic N) is 3. The smallest absolute Gasteiger partial charge is 0.246 e. The van der Waals surface area contributed by atoms with E-state index in [1.807, 2.05) is 13.8 Å². The van der Waals surface area contributed by atoms with Crippen LogP contribution in [0.3, 0.4) is 0 Å². The lowest BCUT2D eigenvalue weighted by atomic mass is 10.1. The molecule has 2 aromatic rings. The molecule has 2 N–H and O–H groups in total. The van der Waals surface area contributed by atoms with Crippen LogP contribution in [0.25, 0.3) is 0 Å². The third-order valence-electron chi connectivity index (χ3n) is 3.70. The molecule has 1 aromatic carbocycles. The molecule has 1 unspecified atom stereocenters. The van der Waals surface area contributed by atoms with Crippen molar-refractivity contribution < 1.29 is 4.52 Å². The highest BCUT2D eigenvalue weighted by atomic mass is 35.5. The Morgan fingerprint density at radius 2 is 2.10 bits per heavy atom. The van der Waals surface area contributed by atoms with E-state index in [9.17, 15) is 0 Å². The number of aromatic nitrogens is 2. The maximum atomic E-state index is 5.98. The molecule has 6 heteroatoms. The lowest BCUT2D eigenvalue weighted by Crippen LogP contribution is -2.31. The van der Waals surface area contributed by atoms with E-state index >= 15 is 0 Å². The Morgan fingerprint density at radius 1 is 1.38 bits per heavy atom. The van der Waals surface area contributed by atoms with Gasteiger partial charge in [0, 0.05) is 11.7 Å². The van der Waals surface area contributed by atoms with E-state index in [-0.39, 0.29) is 12.4 Å². The van der Waals surface area contributed by atoms with Crippen molar-refractivity contribution in [2.45, 2.75) is 45.3 Å². The van der Waals surface area contributed by atoms with Crippen LogP contribution in [0.15, 0.2) is 28.8 Å². The molecule has 1 atom stereocenters. The van der Waals surface area contributed by atoms with Crippen LogP contribution in [0.2, 0.25) is 0 Å². The maximum Gasteiger partial charge on any atom is 0.246 e. The quantitative estimate of drug-likeness (QED) is 0.944. The number of rotatable bonds is 3. The fourth-order valence-corrected chi connectivity index (χ4v) is 2.60. The van der Waals surface area contributed by atoms with Crippen LogP contribution >= 0.6 is 12.4 Å². The third kappa shape index (κ3) is 3.04. The van der Waals surface area contributed by atoms with Gasteiger partial charge in [-0.2, -0.15) is 4.98 Å². The van der Waals surface area contributed by atoms with Crippen LogP contribution in [0, 0.1) is 0 Å². The third-order valence-corrected chi connectivity index (χ3v) is 3.70. The van der Waals surface area contributed by atoms with Gasteiger partial charge < -0.3 is 15.2 Å². The molecule has 0 radical (unpaired) electrons. The molecule has 5 nitrogen and oxygen atoms in total. The Hall–Kier alpha value is -1.59. The van der Waals surface area contributed by atoms with Crippen LogP contribution in [-0.2, 0) is 18.5 Å². The molecular weight excluding hydrogens is 288 g/mol. The molecule has 0 aliphatic carbocycles. The van der Waals surface area contributed by atoms with Crippen molar-refractivity contribution in [1.82, 2.24) is 10.1 Å². The second kappa shape index (κ2) is 5.66. The van der Waals surface area contributed by atoms with E-state index in [1.54, 1.807) is 0 Å². The minimum absolute atomic E-state index is 0. The van der Waals surface area contributed by atoms with Gasteiger partial charge in [0.05, 0.1) is 12.1 Å². The molecule has 0 saturated carbocycles. The zero-order valence-electron chi connectivity index (χ0n) is 12.5. The van der Waals surface area contributed by atoms with Gasteiger partial charge in [-0.1, -0.05) is 23.4 Å². The number of hydrogen-bond acceptors (Lipinski definition) is 5. The number of anilines is 1. The Bertz CT molecular complexity index is 620. The van der Waals surface area contributed by atoms with Crippen LogP contribution < -0.4 is 10.6 Å². The number of halogens is 1. The zero-order chi connectivity index (χ0) is 14.3. The monoisotopic (exact) mass is 308 g/mol. The van der Waals surface area contributed by atoms with Gasteiger partial charge in [0.15, 0.2) is 5.82 Å². The van der Waals surface area contributed by atoms with E-state index in [0.717, 1.165) is 6.42 Å². The first-order chi connectivity index (χ1) is 9.45. The zero-order valence-corrected chi connectivity index (χ0v) is 13.4. The molecule has 0 amide bonds. The molecule has 0 bridgehead atoms. The molecule has 3 rings (SSSR count). The SMILES string of the molecule is CC1Cc2ccccc2N1Cc1nc(C(C)(C)N)no1.Cl. The summed E-state index contributed by atoms with van der Waals surface area (Å²) in [5.41, 5.74) is 8.04. The van der Waals surface area contributed by atoms with Crippen molar-refractivity contribution in [1.29, 1.82) is 0 Å². The van der Waals surface area contributed by atoms with Crippen LogP contribution in [0.5, 0.6) is 0 Å². The summed E-state index contributed by atoms with van der Waals surface area (Å²) in [7, 11) is 0. The number of fused-ring (bicyclic) bond motifs is 1.